The maximum Gasteiger partial charge on any atom is 0.335 e. The molecule has 0 radical (unpaired) electrons. The summed E-state index contributed by atoms with van der Waals surface area (Å²) >= 11 is 0. The first-order chi connectivity index (χ1) is 11.5. The lowest BCUT2D eigenvalue weighted by Crippen LogP contribution is -2.23. The van der Waals surface area contributed by atoms with Crippen molar-refractivity contribution in [1.82, 2.24) is 0 Å². The largest absolute Gasteiger partial charge is 0.492 e. The Morgan fingerprint density at radius 3 is 2.08 bits per heavy atom. The van der Waals surface area contributed by atoms with E-state index in [4.69, 9.17) is 4.74 Å². The van der Waals surface area contributed by atoms with Crippen LogP contribution in [0.15, 0.2) is 48.2 Å². The fourth-order valence-corrected chi connectivity index (χ4v) is 2.93. The van der Waals surface area contributed by atoms with E-state index >= 15 is 0 Å². The van der Waals surface area contributed by atoms with E-state index in [2.05, 4.69) is 0 Å². The van der Waals surface area contributed by atoms with Gasteiger partial charge in [0.2, 0.25) is 5.78 Å². The van der Waals surface area contributed by atoms with Crippen LogP contribution in [0.2, 0.25) is 0 Å². The third-order valence-electron chi connectivity index (χ3n) is 4.11. The van der Waals surface area contributed by atoms with E-state index in [1.165, 1.54) is 13.2 Å². The summed E-state index contributed by atoms with van der Waals surface area (Å²) in [7, 11) is 1.32. The minimum absolute atomic E-state index is 0.0654. The van der Waals surface area contributed by atoms with Crippen molar-refractivity contribution >= 4 is 23.1 Å². The van der Waals surface area contributed by atoms with Gasteiger partial charge in [0.1, 0.15) is 0 Å². The van der Waals surface area contributed by atoms with Crippen molar-refractivity contribution in [3.8, 4) is 0 Å². The van der Waals surface area contributed by atoms with E-state index in [9.17, 15) is 19.5 Å². The molecule has 2 aromatic carbocycles. The van der Waals surface area contributed by atoms with Gasteiger partial charge in [0.25, 0.3) is 0 Å². The van der Waals surface area contributed by atoms with Gasteiger partial charge in [-0.15, -0.1) is 0 Å². The molecule has 1 aliphatic rings. The average molecular weight is 322 g/mol. The minimum atomic E-state index is -1.09. The minimum Gasteiger partial charge on any atom is -0.492 e. The normalized spacial score (nSPS) is 13.8. The topological polar surface area (TPSA) is 80.7 Å². The summed E-state index contributed by atoms with van der Waals surface area (Å²) < 4.78 is 5.21. The number of rotatable bonds is 3. The molecule has 0 atom stereocenters. The molecule has 0 fully saturated rings. The lowest BCUT2D eigenvalue weighted by molar-refractivity contribution is 0.0695. The van der Waals surface area contributed by atoms with Crippen molar-refractivity contribution in [3.05, 3.63) is 76.0 Å². The molecule has 0 aliphatic heterocycles. The highest BCUT2D eigenvalue weighted by Crippen LogP contribution is 2.34. The molecule has 0 amide bonds. The van der Waals surface area contributed by atoms with Gasteiger partial charge in [0.15, 0.2) is 11.5 Å². The quantitative estimate of drug-likeness (QED) is 0.939. The molecule has 24 heavy (non-hydrogen) atoms. The van der Waals surface area contributed by atoms with E-state index < -0.39 is 5.97 Å². The Kier molecular flexibility index (Phi) is 3.77. The zero-order valence-electron chi connectivity index (χ0n) is 13.1. The van der Waals surface area contributed by atoms with Crippen LogP contribution in [0.1, 0.15) is 42.2 Å². The van der Waals surface area contributed by atoms with Gasteiger partial charge in [-0.2, -0.15) is 0 Å². The summed E-state index contributed by atoms with van der Waals surface area (Å²) in [4.78, 5) is 36.9. The molecular weight excluding hydrogens is 308 g/mol. The summed E-state index contributed by atoms with van der Waals surface area (Å²) in [5.74, 6) is -1.90. The molecule has 3 rings (SSSR count). The number of methoxy groups -OCH3 is 1. The Hall–Kier alpha value is -3.21. The van der Waals surface area contributed by atoms with Crippen LogP contribution in [0.3, 0.4) is 0 Å². The van der Waals surface area contributed by atoms with Gasteiger partial charge in [0.05, 0.1) is 18.2 Å². The second kappa shape index (κ2) is 5.77. The van der Waals surface area contributed by atoms with Crippen LogP contribution in [0, 0.1) is 6.92 Å². The van der Waals surface area contributed by atoms with Gasteiger partial charge < -0.3 is 9.84 Å². The number of carboxylic acid groups (broad SMARTS) is 1. The molecule has 2 aromatic rings. The van der Waals surface area contributed by atoms with Gasteiger partial charge in [-0.3, -0.25) is 9.59 Å². The van der Waals surface area contributed by atoms with Gasteiger partial charge in [-0.05, 0) is 24.1 Å². The Morgan fingerprint density at radius 1 is 0.917 bits per heavy atom. The Bertz CT molecular complexity index is 921. The number of allylic oxidation sites excluding steroid dienone is 2. The number of ketones is 2. The molecule has 1 N–H and O–H groups in total. The van der Waals surface area contributed by atoms with Crippen molar-refractivity contribution in [1.29, 1.82) is 0 Å². The lowest BCUT2D eigenvalue weighted by atomic mass is 9.83. The van der Waals surface area contributed by atoms with Crippen LogP contribution in [-0.2, 0) is 4.74 Å². The van der Waals surface area contributed by atoms with Crippen LogP contribution >= 0.6 is 0 Å². The molecule has 1 aliphatic carbocycles. The Labute approximate surface area is 138 Å². The number of ether oxygens (including phenoxy) is 1. The third kappa shape index (κ3) is 2.22. The van der Waals surface area contributed by atoms with E-state index in [1.54, 1.807) is 43.3 Å². The SMILES string of the molecule is COC1=C(c2cccc(C(=O)O)c2C)C(=O)c2ccccc2C1=O. The van der Waals surface area contributed by atoms with Crippen molar-refractivity contribution < 1.29 is 24.2 Å². The fraction of sp³-hybridized carbons (Fsp3) is 0.105. The van der Waals surface area contributed by atoms with Crippen molar-refractivity contribution in [3.63, 3.8) is 0 Å². The summed E-state index contributed by atoms with van der Waals surface area (Å²) in [6.45, 7) is 1.61. The van der Waals surface area contributed by atoms with Gasteiger partial charge in [-0.1, -0.05) is 36.4 Å². The Morgan fingerprint density at radius 2 is 1.50 bits per heavy atom. The zero-order valence-corrected chi connectivity index (χ0v) is 13.1. The second-order valence-corrected chi connectivity index (χ2v) is 5.40. The monoisotopic (exact) mass is 322 g/mol. The highest BCUT2D eigenvalue weighted by Gasteiger charge is 2.34. The van der Waals surface area contributed by atoms with Crippen molar-refractivity contribution in [2.75, 3.05) is 7.11 Å². The zero-order chi connectivity index (χ0) is 17.4. The molecule has 0 unspecified atom stereocenters. The summed E-state index contributed by atoms with van der Waals surface area (Å²) in [6.07, 6.45) is 0. The smallest absolute Gasteiger partial charge is 0.335 e. The first-order valence-corrected chi connectivity index (χ1v) is 7.27. The molecule has 0 saturated carbocycles. The Balaban J connectivity index is 2.31. The van der Waals surface area contributed by atoms with Gasteiger partial charge >= 0.3 is 5.97 Å². The summed E-state index contributed by atoms with van der Waals surface area (Å²) in [6, 6.07) is 11.1. The number of carboxylic acids is 1. The van der Waals surface area contributed by atoms with E-state index in [0.717, 1.165) is 0 Å². The van der Waals surface area contributed by atoms with Gasteiger partial charge in [-0.25, -0.2) is 4.79 Å². The number of hydrogen-bond donors (Lipinski definition) is 1. The number of Topliss-reactive ketones (excluding diaryl/α,β-unsaturated/α-hetero) is 2. The molecule has 0 saturated heterocycles. The molecular formula is C19H14O5. The van der Waals surface area contributed by atoms with Crippen molar-refractivity contribution in [2.24, 2.45) is 0 Å². The average Bonchev–Trinajstić information content (AvgIpc) is 2.58. The van der Waals surface area contributed by atoms with Crippen LogP contribution in [0.5, 0.6) is 0 Å². The van der Waals surface area contributed by atoms with Crippen LogP contribution in [0.25, 0.3) is 5.57 Å². The van der Waals surface area contributed by atoms with E-state index in [-0.39, 0.29) is 34.0 Å². The standard InChI is InChI=1S/C19H14O5/c1-10-11(8-5-9-12(10)19(22)23)15-16(20)13-6-3-4-7-14(13)17(21)18(15)24-2/h3-9H,1-2H3,(H,22,23). The number of benzene rings is 2. The number of aromatic carboxylic acids is 1. The molecule has 120 valence electrons. The molecule has 0 bridgehead atoms. The predicted octanol–water partition coefficient (Wildman–Crippen LogP) is 3.13. The summed E-state index contributed by atoms with van der Waals surface area (Å²) in [5, 5.41) is 9.29. The maximum atomic E-state index is 12.9. The number of carbonyl (C=O) groups excluding carboxylic acids is 2. The predicted molar refractivity (Wildman–Crippen MR) is 87.2 cm³/mol. The van der Waals surface area contributed by atoms with E-state index in [1.807, 2.05) is 0 Å². The molecule has 0 spiro atoms. The lowest BCUT2D eigenvalue weighted by Gasteiger charge is -2.21. The first kappa shape index (κ1) is 15.7. The second-order valence-electron chi connectivity index (χ2n) is 5.40. The number of fused-ring (bicyclic) bond motifs is 1. The summed E-state index contributed by atoms with van der Waals surface area (Å²) in [5.41, 5.74) is 1.56. The third-order valence-corrected chi connectivity index (χ3v) is 4.11. The van der Waals surface area contributed by atoms with Crippen LogP contribution < -0.4 is 0 Å². The fourth-order valence-electron chi connectivity index (χ4n) is 2.93. The molecule has 0 heterocycles. The maximum absolute atomic E-state index is 12.9. The highest BCUT2D eigenvalue weighted by atomic mass is 16.5. The van der Waals surface area contributed by atoms with E-state index in [0.29, 0.717) is 16.7 Å². The molecule has 5 heteroatoms. The number of carbonyl (C=O) groups is 3. The van der Waals surface area contributed by atoms with Crippen molar-refractivity contribution in [2.45, 2.75) is 6.92 Å². The molecule has 5 nitrogen and oxygen atoms in total. The van der Waals surface area contributed by atoms with Gasteiger partial charge in [0, 0.05) is 11.1 Å². The first-order valence-electron chi connectivity index (χ1n) is 7.27. The number of hydrogen-bond acceptors (Lipinski definition) is 4. The highest BCUT2D eigenvalue weighted by molar-refractivity contribution is 6.40. The van der Waals surface area contributed by atoms with Crippen LogP contribution in [0.4, 0.5) is 0 Å². The van der Waals surface area contributed by atoms with Crippen LogP contribution in [-0.4, -0.2) is 29.8 Å². The molecule has 0 aromatic heterocycles.